The fourth-order valence-corrected chi connectivity index (χ4v) is 3.98. The predicted molar refractivity (Wildman–Crippen MR) is 86.3 cm³/mol. The number of hydrogen-bond donors (Lipinski definition) is 1. The normalized spacial score (nSPS) is 12.7. The Balaban J connectivity index is 2.57. The standard InChI is InChI=1S/C14H13Br2F2NS/c1-3-19-13(10-6-7(2)14(16)20-10)11-9(17)5-4-8(15)12(11)18/h4-6,13,19H,3H2,1-2H3. The number of aryl methyl sites for hydroxylation is 1. The predicted octanol–water partition coefficient (Wildman–Crippen LogP) is 5.56. The van der Waals surface area contributed by atoms with Crippen LogP contribution in [0.5, 0.6) is 0 Å². The molecule has 0 fully saturated rings. The second-order valence-electron chi connectivity index (χ2n) is 4.35. The fourth-order valence-electron chi connectivity index (χ4n) is 1.98. The van der Waals surface area contributed by atoms with Crippen molar-refractivity contribution in [2.45, 2.75) is 19.9 Å². The largest absolute Gasteiger partial charge is 0.306 e. The molecule has 1 heterocycles. The summed E-state index contributed by atoms with van der Waals surface area (Å²) in [5.41, 5.74) is 1.11. The summed E-state index contributed by atoms with van der Waals surface area (Å²) >= 11 is 8.06. The molecule has 6 heteroatoms. The zero-order valence-electron chi connectivity index (χ0n) is 10.9. The Morgan fingerprint density at radius 1 is 1.30 bits per heavy atom. The Kier molecular flexibility index (Phi) is 5.34. The molecule has 1 aromatic carbocycles. The first-order valence-electron chi connectivity index (χ1n) is 6.08. The molecule has 0 aliphatic rings. The Morgan fingerprint density at radius 3 is 2.55 bits per heavy atom. The summed E-state index contributed by atoms with van der Waals surface area (Å²) in [5.74, 6) is -1.10. The lowest BCUT2D eigenvalue weighted by molar-refractivity contribution is 0.510. The second kappa shape index (κ2) is 6.64. The average Bonchev–Trinajstić information content (AvgIpc) is 2.73. The van der Waals surface area contributed by atoms with Crippen LogP contribution < -0.4 is 5.32 Å². The topological polar surface area (TPSA) is 12.0 Å². The molecule has 0 aliphatic heterocycles. The summed E-state index contributed by atoms with van der Waals surface area (Å²) in [6.07, 6.45) is 0. The van der Waals surface area contributed by atoms with E-state index in [-0.39, 0.29) is 10.0 Å². The zero-order valence-corrected chi connectivity index (χ0v) is 14.9. The molecule has 0 bridgehead atoms. The van der Waals surface area contributed by atoms with E-state index in [1.165, 1.54) is 23.5 Å². The van der Waals surface area contributed by atoms with Gasteiger partial charge in [0.25, 0.3) is 0 Å². The van der Waals surface area contributed by atoms with Crippen LogP contribution in [0.1, 0.15) is 29.0 Å². The molecule has 1 atom stereocenters. The molecule has 0 saturated carbocycles. The van der Waals surface area contributed by atoms with Crippen LogP contribution in [0.15, 0.2) is 26.5 Å². The van der Waals surface area contributed by atoms with Gasteiger partial charge in [0.2, 0.25) is 0 Å². The Hall–Kier alpha value is -0.300. The number of benzene rings is 1. The number of nitrogens with one attached hydrogen (secondary N) is 1. The number of rotatable bonds is 4. The maximum absolute atomic E-state index is 14.3. The Bertz CT molecular complexity index is 608. The van der Waals surface area contributed by atoms with Crippen LogP contribution in [0.3, 0.4) is 0 Å². The number of hydrogen-bond acceptors (Lipinski definition) is 2. The quantitative estimate of drug-likeness (QED) is 0.633. The maximum atomic E-state index is 14.3. The molecule has 108 valence electrons. The monoisotopic (exact) mass is 423 g/mol. The minimum Gasteiger partial charge on any atom is -0.306 e. The second-order valence-corrected chi connectivity index (χ2v) is 7.61. The average molecular weight is 425 g/mol. The molecule has 1 nitrogen and oxygen atoms in total. The molecular weight excluding hydrogens is 412 g/mol. The molecule has 2 rings (SSSR count). The van der Waals surface area contributed by atoms with Crippen LogP contribution in [0.4, 0.5) is 8.78 Å². The summed E-state index contributed by atoms with van der Waals surface area (Å²) in [6, 6.07) is 4.12. The number of halogens is 4. The summed E-state index contributed by atoms with van der Waals surface area (Å²) in [6.45, 7) is 4.49. The van der Waals surface area contributed by atoms with Crippen LogP contribution >= 0.6 is 43.2 Å². The van der Waals surface area contributed by atoms with Crippen molar-refractivity contribution < 1.29 is 8.78 Å². The van der Waals surface area contributed by atoms with E-state index in [0.717, 1.165) is 14.2 Å². The van der Waals surface area contributed by atoms with E-state index < -0.39 is 17.7 Å². The van der Waals surface area contributed by atoms with E-state index in [4.69, 9.17) is 0 Å². The van der Waals surface area contributed by atoms with Crippen LogP contribution in [0, 0.1) is 18.6 Å². The summed E-state index contributed by atoms with van der Waals surface area (Å²) in [7, 11) is 0. The van der Waals surface area contributed by atoms with Crippen molar-refractivity contribution in [2.24, 2.45) is 0 Å². The highest BCUT2D eigenvalue weighted by Gasteiger charge is 2.24. The lowest BCUT2D eigenvalue weighted by Gasteiger charge is -2.19. The van der Waals surface area contributed by atoms with Gasteiger partial charge in [-0.2, -0.15) is 0 Å². The summed E-state index contributed by atoms with van der Waals surface area (Å²) < 4.78 is 29.6. The Labute approximate surface area is 137 Å². The van der Waals surface area contributed by atoms with Gasteiger partial charge >= 0.3 is 0 Å². The molecule has 1 aromatic heterocycles. The maximum Gasteiger partial charge on any atom is 0.145 e. The molecule has 20 heavy (non-hydrogen) atoms. The first kappa shape index (κ1) is 16.1. The van der Waals surface area contributed by atoms with Crippen LogP contribution in [-0.2, 0) is 0 Å². The third-order valence-corrected chi connectivity index (χ3v) is 5.75. The highest BCUT2D eigenvalue weighted by molar-refractivity contribution is 9.11. The van der Waals surface area contributed by atoms with Crippen molar-refractivity contribution in [3.05, 3.63) is 54.1 Å². The van der Waals surface area contributed by atoms with Gasteiger partial charge in [0.05, 0.1) is 14.3 Å². The highest BCUT2D eigenvalue weighted by atomic mass is 79.9. The molecule has 0 saturated heterocycles. The van der Waals surface area contributed by atoms with Gasteiger partial charge in [-0.3, -0.25) is 0 Å². The molecule has 0 aliphatic carbocycles. The van der Waals surface area contributed by atoms with Gasteiger partial charge in [-0.1, -0.05) is 6.92 Å². The summed E-state index contributed by atoms with van der Waals surface area (Å²) in [5, 5.41) is 3.15. The molecule has 0 radical (unpaired) electrons. The fraction of sp³-hybridized carbons (Fsp3) is 0.286. The van der Waals surface area contributed by atoms with Gasteiger partial charge < -0.3 is 5.32 Å². The van der Waals surface area contributed by atoms with Gasteiger partial charge in [-0.15, -0.1) is 11.3 Å². The van der Waals surface area contributed by atoms with Crippen LogP contribution in [-0.4, -0.2) is 6.54 Å². The SMILES string of the molecule is CCNC(c1cc(C)c(Br)s1)c1c(F)ccc(Br)c1F. The molecule has 1 N–H and O–H groups in total. The van der Waals surface area contributed by atoms with E-state index in [1.54, 1.807) is 0 Å². The van der Waals surface area contributed by atoms with Gasteiger partial charge in [0, 0.05) is 10.4 Å². The van der Waals surface area contributed by atoms with Crippen molar-refractivity contribution in [1.29, 1.82) is 0 Å². The van der Waals surface area contributed by atoms with Crippen molar-refractivity contribution in [1.82, 2.24) is 5.32 Å². The van der Waals surface area contributed by atoms with E-state index >= 15 is 0 Å². The highest BCUT2D eigenvalue weighted by Crippen LogP contribution is 2.37. The summed E-state index contributed by atoms with van der Waals surface area (Å²) in [4.78, 5) is 0.882. The number of thiophene rings is 1. The minimum absolute atomic E-state index is 0.0509. The Morgan fingerprint density at radius 2 is 2.00 bits per heavy atom. The van der Waals surface area contributed by atoms with Crippen LogP contribution in [0.25, 0.3) is 0 Å². The smallest absolute Gasteiger partial charge is 0.145 e. The van der Waals surface area contributed by atoms with Crippen molar-refractivity contribution >= 4 is 43.2 Å². The lowest BCUT2D eigenvalue weighted by Crippen LogP contribution is -2.23. The molecule has 1 unspecified atom stereocenters. The molecule has 0 amide bonds. The van der Waals surface area contributed by atoms with Crippen molar-refractivity contribution in [3.8, 4) is 0 Å². The van der Waals surface area contributed by atoms with Gasteiger partial charge in [-0.25, -0.2) is 8.78 Å². The molecule has 2 aromatic rings. The van der Waals surface area contributed by atoms with Crippen LogP contribution in [0.2, 0.25) is 0 Å². The van der Waals surface area contributed by atoms with E-state index in [0.29, 0.717) is 6.54 Å². The molecular formula is C14H13Br2F2NS. The van der Waals surface area contributed by atoms with E-state index in [9.17, 15) is 8.78 Å². The van der Waals surface area contributed by atoms with E-state index in [2.05, 4.69) is 37.2 Å². The van der Waals surface area contributed by atoms with E-state index in [1.807, 2.05) is 19.9 Å². The minimum atomic E-state index is -0.557. The first-order chi connectivity index (χ1) is 9.45. The van der Waals surface area contributed by atoms with Crippen molar-refractivity contribution in [3.63, 3.8) is 0 Å². The van der Waals surface area contributed by atoms with Crippen molar-refractivity contribution in [2.75, 3.05) is 6.54 Å². The zero-order chi connectivity index (χ0) is 14.9. The third kappa shape index (κ3) is 3.13. The van der Waals surface area contributed by atoms with Gasteiger partial charge in [-0.05, 0) is 69.1 Å². The first-order valence-corrected chi connectivity index (χ1v) is 8.48. The third-order valence-electron chi connectivity index (χ3n) is 2.94. The van der Waals surface area contributed by atoms with Gasteiger partial charge in [0.15, 0.2) is 0 Å². The van der Waals surface area contributed by atoms with Gasteiger partial charge in [0.1, 0.15) is 11.6 Å². The lowest BCUT2D eigenvalue weighted by atomic mass is 10.0. The molecule has 0 spiro atoms.